The summed E-state index contributed by atoms with van der Waals surface area (Å²) in [6.07, 6.45) is 0. The molecule has 1 fully saturated rings. The number of halogens is 1. The summed E-state index contributed by atoms with van der Waals surface area (Å²) in [6, 6.07) is 3.35. The number of aliphatic carboxylic acids is 1. The maximum atomic E-state index is 13.1. The van der Waals surface area contributed by atoms with Gasteiger partial charge >= 0.3 is 12.0 Å². The van der Waals surface area contributed by atoms with Gasteiger partial charge in [0.1, 0.15) is 5.82 Å². The second-order valence-electron chi connectivity index (χ2n) is 3.88. The van der Waals surface area contributed by atoms with Crippen molar-refractivity contribution in [3.63, 3.8) is 0 Å². The average Bonchev–Trinajstić information content (AvgIpc) is 2.56. The predicted octanol–water partition coefficient (Wildman–Crippen LogP) is 0.975. The van der Waals surface area contributed by atoms with Crippen LogP contribution in [0.5, 0.6) is 0 Å². The van der Waals surface area contributed by atoms with Crippen LogP contribution < -0.4 is 5.32 Å². The highest BCUT2D eigenvalue weighted by molar-refractivity contribution is 5.87. The Balaban J connectivity index is 2.40. The summed E-state index contributed by atoms with van der Waals surface area (Å²) in [4.78, 5) is 23.7. The average molecular weight is 238 g/mol. The summed E-state index contributed by atoms with van der Waals surface area (Å²) in [6.45, 7) is 0. The predicted molar refractivity (Wildman–Crippen MR) is 56.9 cm³/mol. The van der Waals surface area contributed by atoms with Gasteiger partial charge in [0.15, 0.2) is 6.04 Å². The van der Waals surface area contributed by atoms with Crippen molar-refractivity contribution >= 4 is 12.0 Å². The second-order valence-corrected chi connectivity index (χ2v) is 3.88. The number of nitrogens with one attached hydrogen (secondary N) is 1. The van der Waals surface area contributed by atoms with Gasteiger partial charge in [-0.3, -0.25) is 0 Å². The SMILES string of the molecule is CN1C(=O)NC(C(=O)O)C1c1cccc(F)c1. The van der Waals surface area contributed by atoms with Crippen molar-refractivity contribution in [2.24, 2.45) is 0 Å². The van der Waals surface area contributed by atoms with Crippen LogP contribution in [0.15, 0.2) is 24.3 Å². The van der Waals surface area contributed by atoms with Gasteiger partial charge in [0.2, 0.25) is 0 Å². The Bertz CT molecular complexity index is 478. The van der Waals surface area contributed by atoms with Crippen LogP contribution in [0.1, 0.15) is 11.6 Å². The summed E-state index contributed by atoms with van der Waals surface area (Å²) in [5, 5.41) is 11.4. The number of likely N-dealkylation sites (N-methyl/N-ethyl adjacent to an activating group) is 1. The summed E-state index contributed by atoms with van der Waals surface area (Å²) in [7, 11) is 1.48. The fraction of sp³-hybridized carbons (Fsp3) is 0.273. The van der Waals surface area contributed by atoms with Crippen LogP contribution in [0.3, 0.4) is 0 Å². The Morgan fingerprint density at radius 3 is 2.82 bits per heavy atom. The van der Waals surface area contributed by atoms with Crippen LogP contribution in [0.4, 0.5) is 9.18 Å². The lowest BCUT2D eigenvalue weighted by Gasteiger charge is -2.21. The maximum Gasteiger partial charge on any atom is 0.328 e. The Morgan fingerprint density at radius 1 is 1.53 bits per heavy atom. The highest BCUT2D eigenvalue weighted by Gasteiger charge is 2.42. The topological polar surface area (TPSA) is 69.6 Å². The molecule has 0 spiro atoms. The van der Waals surface area contributed by atoms with Crippen molar-refractivity contribution in [2.75, 3.05) is 7.05 Å². The molecular weight excluding hydrogens is 227 g/mol. The van der Waals surface area contributed by atoms with Crippen molar-refractivity contribution in [3.05, 3.63) is 35.6 Å². The second kappa shape index (κ2) is 4.04. The number of rotatable bonds is 2. The third-order valence-electron chi connectivity index (χ3n) is 2.79. The van der Waals surface area contributed by atoms with E-state index in [2.05, 4.69) is 5.32 Å². The highest BCUT2D eigenvalue weighted by atomic mass is 19.1. The molecule has 2 N–H and O–H groups in total. The minimum absolute atomic E-state index is 0.457. The van der Waals surface area contributed by atoms with E-state index in [0.29, 0.717) is 5.56 Å². The third-order valence-corrected chi connectivity index (χ3v) is 2.79. The normalized spacial score (nSPS) is 23.6. The first-order chi connectivity index (χ1) is 8.00. The van der Waals surface area contributed by atoms with Crippen molar-refractivity contribution in [1.29, 1.82) is 0 Å². The minimum atomic E-state index is -1.14. The third kappa shape index (κ3) is 1.93. The molecule has 90 valence electrons. The lowest BCUT2D eigenvalue weighted by atomic mass is 10.00. The number of carbonyl (C=O) groups excluding carboxylic acids is 1. The van der Waals surface area contributed by atoms with Gasteiger partial charge in [0.25, 0.3) is 0 Å². The maximum absolute atomic E-state index is 13.1. The molecule has 6 heteroatoms. The molecule has 0 radical (unpaired) electrons. The Kier molecular flexibility index (Phi) is 2.71. The van der Waals surface area contributed by atoms with Crippen LogP contribution in [0.25, 0.3) is 0 Å². The van der Waals surface area contributed by atoms with Gasteiger partial charge in [0.05, 0.1) is 6.04 Å². The Morgan fingerprint density at radius 2 is 2.24 bits per heavy atom. The highest BCUT2D eigenvalue weighted by Crippen LogP contribution is 2.28. The number of nitrogens with zero attached hydrogens (tertiary/aromatic N) is 1. The van der Waals surface area contributed by atoms with Crippen molar-refractivity contribution in [2.45, 2.75) is 12.1 Å². The van der Waals surface area contributed by atoms with Crippen LogP contribution in [0.2, 0.25) is 0 Å². The van der Waals surface area contributed by atoms with Gasteiger partial charge in [-0.05, 0) is 17.7 Å². The van der Waals surface area contributed by atoms with Crippen LogP contribution in [-0.4, -0.2) is 35.1 Å². The number of hydrogen-bond acceptors (Lipinski definition) is 2. The van der Waals surface area contributed by atoms with E-state index >= 15 is 0 Å². The fourth-order valence-corrected chi connectivity index (χ4v) is 1.97. The standard InChI is InChI=1S/C11H11FN2O3/c1-14-9(6-3-2-4-7(12)5-6)8(10(15)16)13-11(14)17/h2-5,8-9H,1H3,(H,13,17)(H,15,16). The zero-order chi connectivity index (χ0) is 12.6. The van der Waals surface area contributed by atoms with Gasteiger partial charge in [-0.2, -0.15) is 0 Å². The van der Waals surface area contributed by atoms with Crippen LogP contribution in [-0.2, 0) is 4.79 Å². The summed E-state index contributed by atoms with van der Waals surface area (Å²) in [5.74, 6) is -1.60. The molecule has 1 heterocycles. The molecule has 5 nitrogen and oxygen atoms in total. The Hall–Kier alpha value is -2.11. The van der Waals surface area contributed by atoms with Crippen LogP contribution >= 0.6 is 0 Å². The number of benzene rings is 1. The molecule has 1 aromatic rings. The Labute approximate surface area is 96.8 Å². The molecule has 17 heavy (non-hydrogen) atoms. The van der Waals surface area contributed by atoms with Crippen molar-refractivity contribution < 1.29 is 19.1 Å². The smallest absolute Gasteiger partial charge is 0.328 e. The summed E-state index contributed by atoms with van der Waals surface area (Å²) >= 11 is 0. The number of carboxylic acids is 1. The van der Waals surface area contributed by atoms with Crippen molar-refractivity contribution in [1.82, 2.24) is 10.2 Å². The number of urea groups is 1. The first-order valence-corrected chi connectivity index (χ1v) is 5.02. The molecule has 1 aromatic carbocycles. The fourth-order valence-electron chi connectivity index (χ4n) is 1.97. The van der Waals surface area contributed by atoms with E-state index in [1.807, 2.05) is 0 Å². The van der Waals surface area contributed by atoms with Crippen molar-refractivity contribution in [3.8, 4) is 0 Å². The molecule has 0 aromatic heterocycles. The monoisotopic (exact) mass is 238 g/mol. The zero-order valence-electron chi connectivity index (χ0n) is 9.05. The van der Waals surface area contributed by atoms with E-state index in [1.54, 1.807) is 6.07 Å². The van der Waals surface area contributed by atoms with E-state index in [-0.39, 0.29) is 0 Å². The minimum Gasteiger partial charge on any atom is -0.480 e. The molecule has 2 atom stereocenters. The van der Waals surface area contributed by atoms with Gasteiger partial charge in [0, 0.05) is 7.05 Å². The number of amides is 2. The number of carboxylic acid groups (broad SMARTS) is 1. The largest absolute Gasteiger partial charge is 0.480 e. The first kappa shape index (κ1) is 11.4. The van der Waals surface area contributed by atoms with Crippen LogP contribution in [0, 0.1) is 5.82 Å². The zero-order valence-corrected chi connectivity index (χ0v) is 9.05. The molecule has 0 aliphatic carbocycles. The van der Waals surface area contributed by atoms with Gasteiger partial charge in [-0.25, -0.2) is 14.0 Å². The van der Waals surface area contributed by atoms with E-state index in [4.69, 9.17) is 5.11 Å². The number of carbonyl (C=O) groups is 2. The molecule has 1 saturated heterocycles. The van der Waals surface area contributed by atoms with Gasteiger partial charge < -0.3 is 15.3 Å². The molecule has 2 unspecified atom stereocenters. The molecule has 0 bridgehead atoms. The molecule has 1 aliphatic rings. The molecule has 1 aliphatic heterocycles. The van der Waals surface area contributed by atoms with E-state index in [0.717, 1.165) is 0 Å². The van der Waals surface area contributed by atoms with Gasteiger partial charge in [-0.15, -0.1) is 0 Å². The van der Waals surface area contributed by atoms with E-state index < -0.39 is 29.9 Å². The first-order valence-electron chi connectivity index (χ1n) is 5.02. The molecule has 2 amide bonds. The molecular formula is C11H11FN2O3. The summed E-state index contributed by atoms with van der Waals surface area (Å²) < 4.78 is 13.1. The quantitative estimate of drug-likeness (QED) is 0.806. The number of hydrogen-bond donors (Lipinski definition) is 2. The lowest BCUT2D eigenvalue weighted by Crippen LogP contribution is -2.35. The van der Waals surface area contributed by atoms with Gasteiger partial charge in [-0.1, -0.05) is 12.1 Å². The lowest BCUT2D eigenvalue weighted by molar-refractivity contribution is -0.139. The molecule has 0 saturated carbocycles. The summed E-state index contributed by atoms with van der Waals surface area (Å²) in [5.41, 5.74) is 0.457. The van der Waals surface area contributed by atoms with E-state index in [9.17, 15) is 14.0 Å². The van der Waals surface area contributed by atoms with E-state index in [1.165, 1.54) is 30.1 Å². The molecule has 2 rings (SSSR count).